The zero-order valence-electron chi connectivity index (χ0n) is 18.3. The molecule has 1 saturated heterocycles. The standard InChI is InChI=1S/C23H27N3O6S/c1-17-7-9-19(10-8-17)33(31,32)26-15-13-25(14-16-26)21(27)12-11-20(23(29)30)24-22(28)18-5-3-2-4-6-18/h2-10,20H,11-16H2,1H3,(H,24,28)(H,29,30)/t20-/m0/s1. The van der Waals surface area contributed by atoms with E-state index in [0.29, 0.717) is 5.56 Å². The van der Waals surface area contributed by atoms with E-state index in [-0.39, 0.29) is 49.8 Å². The fourth-order valence-electron chi connectivity index (χ4n) is 3.55. The molecule has 1 aliphatic heterocycles. The van der Waals surface area contributed by atoms with E-state index in [2.05, 4.69) is 5.32 Å². The lowest BCUT2D eigenvalue weighted by Gasteiger charge is -2.34. The number of carboxylic acid groups (broad SMARTS) is 1. The Morgan fingerprint density at radius 2 is 1.58 bits per heavy atom. The van der Waals surface area contributed by atoms with Gasteiger partial charge in [-0.15, -0.1) is 0 Å². The third kappa shape index (κ3) is 6.17. The van der Waals surface area contributed by atoms with E-state index in [4.69, 9.17) is 0 Å². The predicted octanol–water partition coefficient (Wildman–Crippen LogP) is 1.49. The molecule has 1 heterocycles. The molecule has 2 amide bonds. The van der Waals surface area contributed by atoms with Crippen LogP contribution in [0.4, 0.5) is 0 Å². The molecule has 2 aromatic carbocycles. The summed E-state index contributed by atoms with van der Waals surface area (Å²) < 4.78 is 27.0. The number of piperazine rings is 1. The van der Waals surface area contributed by atoms with Crippen LogP contribution in [0, 0.1) is 6.92 Å². The van der Waals surface area contributed by atoms with Gasteiger partial charge in [0.2, 0.25) is 15.9 Å². The van der Waals surface area contributed by atoms with Crippen molar-refractivity contribution in [1.82, 2.24) is 14.5 Å². The van der Waals surface area contributed by atoms with Crippen molar-refractivity contribution in [1.29, 1.82) is 0 Å². The van der Waals surface area contributed by atoms with Crippen LogP contribution < -0.4 is 5.32 Å². The first-order valence-corrected chi connectivity index (χ1v) is 12.1. The van der Waals surface area contributed by atoms with Gasteiger partial charge in [0.05, 0.1) is 4.90 Å². The lowest BCUT2D eigenvalue weighted by atomic mass is 10.1. The van der Waals surface area contributed by atoms with Gasteiger partial charge in [0.1, 0.15) is 6.04 Å². The summed E-state index contributed by atoms with van der Waals surface area (Å²) in [6.07, 6.45) is -0.134. The Labute approximate surface area is 193 Å². The maximum atomic E-state index is 12.8. The maximum absolute atomic E-state index is 12.8. The second-order valence-corrected chi connectivity index (χ2v) is 9.80. The van der Waals surface area contributed by atoms with Crippen molar-refractivity contribution in [2.75, 3.05) is 26.2 Å². The fourth-order valence-corrected chi connectivity index (χ4v) is 4.97. The summed E-state index contributed by atoms with van der Waals surface area (Å²) in [5, 5.41) is 11.9. The Hall–Kier alpha value is -3.24. The van der Waals surface area contributed by atoms with E-state index < -0.39 is 27.9 Å². The van der Waals surface area contributed by atoms with Crippen LogP contribution in [0.2, 0.25) is 0 Å². The van der Waals surface area contributed by atoms with E-state index in [1.54, 1.807) is 54.6 Å². The monoisotopic (exact) mass is 473 g/mol. The molecule has 10 heteroatoms. The number of carbonyl (C=O) groups is 3. The molecule has 1 atom stereocenters. The number of carbonyl (C=O) groups excluding carboxylic acids is 2. The van der Waals surface area contributed by atoms with Crippen LogP contribution in [0.5, 0.6) is 0 Å². The summed E-state index contributed by atoms with van der Waals surface area (Å²) >= 11 is 0. The Kier molecular flexibility index (Phi) is 7.83. The van der Waals surface area contributed by atoms with E-state index in [1.807, 2.05) is 6.92 Å². The number of hydrogen-bond donors (Lipinski definition) is 2. The number of nitrogens with zero attached hydrogens (tertiary/aromatic N) is 2. The third-order valence-corrected chi connectivity index (χ3v) is 7.45. The first-order chi connectivity index (χ1) is 15.7. The second kappa shape index (κ2) is 10.6. The van der Waals surface area contributed by atoms with Crippen molar-refractivity contribution in [2.45, 2.75) is 30.7 Å². The van der Waals surface area contributed by atoms with Crippen molar-refractivity contribution in [3.05, 3.63) is 65.7 Å². The summed E-state index contributed by atoms with van der Waals surface area (Å²) in [7, 11) is -3.63. The van der Waals surface area contributed by atoms with Gasteiger partial charge >= 0.3 is 5.97 Å². The van der Waals surface area contributed by atoms with Gasteiger partial charge in [0.25, 0.3) is 5.91 Å². The smallest absolute Gasteiger partial charge is 0.326 e. The van der Waals surface area contributed by atoms with Crippen LogP contribution in [0.15, 0.2) is 59.5 Å². The van der Waals surface area contributed by atoms with Gasteiger partial charge in [-0.05, 0) is 37.6 Å². The third-order valence-electron chi connectivity index (χ3n) is 5.54. The molecule has 0 bridgehead atoms. The van der Waals surface area contributed by atoms with E-state index in [1.165, 1.54) is 9.21 Å². The molecule has 1 aliphatic rings. The van der Waals surface area contributed by atoms with E-state index in [9.17, 15) is 27.9 Å². The number of aryl methyl sites for hydroxylation is 1. The molecule has 0 aliphatic carbocycles. The summed E-state index contributed by atoms with van der Waals surface area (Å²) in [5.74, 6) is -2.02. The molecule has 0 saturated carbocycles. The first-order valence-electron chi connectivity index (χ1n) is 10.6. The molecular weight excluding hydrogens is 446 g/mol. The van der Waals surface area contributed by atoms with Crippen LogP contribution >= 0.6 is 0 Å². The molecule has 33 heavy (non-hydrogen) atoms. The normalized spacial score (nSPS) is 15.6. The molecule has 1 fully saturated rings. The SMILES string of the molecule is Cc1ccc(S(=O)(=O)N2CCN(C(=O)CC[C@H](NC(=O)c3ccccc3)C(=O)O)CC2)cc1. The topological polar surface area (TPSA) is 124 Å². The number of rotatable bonds is 8. The minimum absolute atomic E-state index is 0.0609. The van der Waals surface area contributed by atoms with Gasteiger partial charge in [-0.25, -0.2) is 13.2 Å². The number of sulfonamides is 1. The van der Waals surface area contributed by atoms with Crippen molar-refractivity contribution in [2.24, 2.45) is 0 Å². The van der Waals surface area contributed by atoms with Crippen molar-refractivity contribution in [3.63, 3.8) is 0 Å². The Morgan fingerprint density at radius 3 is 2.15 bits per heavy atom. The Morgan fingerprint density at radius 1 is 0.970 bits per heavy atom. The van der Waals surface area contributed by atoms with Crippen molar-refractivity contribution >= 4 is 27.8 Å². The highest BCUT2D eigenvalue weighted by Gasteiger charge is 2.30. The molecular formula is C23H27N3O6S. The average molecular weight is 474 g/mol. The van der Waals surface area contributed by atoms with E-state index in [0.717, 1.165) is 5.56 Å². The van der Waals surface area contributed by atoms with Crippen LogP contribution in [-0.2, 0) is 19.6 Å². The van der Waals surface area contributed by atoms with Crippen LogP contribution in [0.3, 0.4) is 0 Å². The molecule has 2 N–H and O–H groups in total. The maximum Gasteiger partial charge on any atom is 0.326 e. The van der Waals surface area contributed by atoms with Crippen LogP contribution in [0.25, 0.3) is 0 Å². The van der Waals surface area contributed by atoms with Crippen molar-refractivity contribution < 1.29 is 27.9 Å². The minimum Gasteiger partial charge on any atom is -0.480 e. The molecule has 2 aromatic rings. The molecule has 3 rings (SSSR count). The highest BCUT2D eigenvalue weighted by atomic mass is 32.2. The summed E-state index contributed by atoms with van der Waals surface area (Å²) in [5.41, 5.74) is 1.30. The van der Waals surface area contributed by atoms with Gasteiger partial charge in [-0.2, -0.15) is 4.31 Å². The Bertz CT molecular complexity index is 1090. The minimum atomic E-state index is -3.63. The summed E-state index contributed by atoms with van der Waals surface area (Å²) in [6.45, 7) is 2.64. The number of carboxylic acids is 1. The molecule has 0 radical (unpaired) electrons. The highest BCUT2D eigenvalue weighted by Crippen LogP contribution is 2.18. The van der Waals surface area contributed by atoms with Gasteiger partial charge in [0.15, 0.2) is 0 Å². The summed E-state index contributed by atoms with van der Waals surface area (Å²) in [6, 6.07) is 13.6. The van der Waals surface area contributed by atoms with Gasteiger partial charge < -0.3 is 15.3 Å². The quantitative estimate of drug-likeness (QED) is 0.599. The van der Waals surface area contributed by atoms with Gasteiger partial charge in [0, 0.05) is 38.2 Å². The van der Waals surface area contributed by atoms with Gasteiger partial charge in [-0.3, -0.25) is 9.59 Å². The van der Waals surface area contributed by atoms with E-state index >= 15 is 0 Å². The molecule has 9 nitrogen and oxygen atoms in total. The second-order valence-electron chi connectivity index (χ2n) is 7.87. The summed E-state index contributed by atoms with van der Waals surface area (Å²) in [4.78, 5) is 38.1. The zero-order valence-corrected chi connectivity index (χ0v) is 19.1. The molecule has 0 spiro atoms. The first kappa shape index (κ1) is 24.4. The van der Waals surface area contributed by atoms with Crippen LogP contribution in [0.1, 0.15) is 28.8 Å². The predicted molar refractivity (Wildman–Crippen MR) is 121 cm³/mol. The molecule has 176 valence electrons. The molecule has 0 unspecified atom stereocenters. The number of benzene rings is 2. The number of nitrogens with one attached hydrogen (secondary N) is 1. The van der Waals surface area contributed by atoms with Gasteiger partial charge in [-0.1, -0.05) is 35.9 Å². The lowest BCUT2D eigenvalue weighted by Crippen LogP contribution is -2.50. The number of amides is 2. The zero-order chi connectivity index (χ0) is 24.0. The number of hydrogen-bond acceptors (Lipinski definition) is 5. The van der Waals surface area contributed by atoms with Crippen molar-refractivity contribution in [3.8, 4) is 0 Å². The fraction of sp³-hybridized carbons (Fsp3) is 0.348. The highest BCUT2D eigenvalue weighted by molar-refractivity contribution is 7.89. The average Bonchev–Trinajstić information content (AvgIpc) is 2.82. The largest absolute Gasteiger partial charge is 0.480 e. The van der Waals surface area contributed by atoms with Crippen LogP contribution in [-0.4, -0.2) is 72.7 Å². The Balaban J connectivity index is 1.52. The molecule has 0 aromatic heterocycles. The lowest BCUT2D eigenvalue weighted by molar-refractivity contribution is -0.139. The number of aliphatic carboxylic acids is 1.